The Morgan fingerprint density at radius 1 is 1.38 bits per heavy atom. The fourth-order valence-electron chi connectivity index (χ4n) is 1.84. The van der Waals surface area contributed by atoms with Crippen molar-refractivity contribution in [3.8, 4) is 0 Å². The van der Waals surface area contributed by atoms with E-state index in [2.05, 4.69) is 4.74 Å². The predicted octanol–water partition coefficient (Wildman–Crippen LogP) is 1.82. The second-order valence-corrected chi connectivity index (χ2v) is 3.98. The van der Waals surface area contributed by atoms with Gasteiger partial charge in [-0.1, -0.05) is 0 Å². The van der Waals surface area contributed by atoms with Crippen LogP contribution in [-0.2, 0) is 9.53 Å². The molecule has 1 fully saturated rings. The first-order valence-corrected chi connectivity index (χ1v) is 5.29. The van der Waals surface area contributed by atoms with Crippen LogP contribution >= 0.6 is 0 Å². The van der Waals surface area contributed by atoms with Gasteiger partial charge in [0, 0.05) is 6.54 Å². The van der Waals surface area contributed by atoms with Gasteiger partial charge in [-0.3, -0.25) is 4.79 Å². The molecule has 0 saturated carbocycles. The summed E-state index contributed by atoms with van der Waals surface area (Å²) in [5, 5.41) is 0. The highest BCUT2D eigenvalue weighted by Gasteiger charge is 2.40. The van der Waals surface area contributed by atoms with Crippen molar-refractivity contribution in [3.63, 3.8) is 0 Å². The Hall–Kier alpha value is -0.780. The second-order valence-electron chi connectivity index (χ2n) is 3.98. The highest BCUT2D eigenvalue weighted by atomic mass is 19.4. The van der Waals surface area contributed by atoms with Gasteiger partial charge in [-0.2, -0.15) is 13.2 Å². The van der Waals surface area contributed by atoms with E-state index in [4.69, 9.17) is 0 Å². The lowest BCUT2D eigenvalue weighted by atomic mass is 9.96. The van der Waals surface area contributed by atoms with E-state index >= 15 is 0 Å². The zero-order chi connectivity index (χ0) is 12.2. The zero-order valence-corrected chi connectivity index (χ0v) is 9.22. The standard InChI is InChI=1S/C10H16F3NO2/c1-16-9(15)4-7-14-5-2-8(3-6-14)10(11,12)13/h8H,2-7H2,1H3. The highest BCUT2D eigenvalue weighted by Crippen LogP contribution is 2.33. The predicted molar refractivity (Wildman–Crippen MR) is 51.9 cm³/mol. The van der Waals surface area contributed by atoms with Crippen LogP contribution in [-0.4, -0.2) is 43.8 Å². The number of hydrogen-bond donors (Lipinski definition) is 0. The maximum atomic E-state index is 12.3. The lowest BCUT2D eigenvalue weighted by Gasteiger charge is -2.32. The minimum absolute atomic E-state index is 0.130. The first kappa shape index (κ1) is 13.3. The smallest absolute Gasteiger partial charge is 0.391 e. The van der Waals surface area contributed by atoms with E-state index in [1.807, 2.05) is 4.90 Å². The molecule has 0 aromatic heterocycles. The van der Waals surface area contributed by atoms with Crippen LogP contribution in [0, 0.1) is 5.92 Å². The van der Waals surface area contributed by atoms with E-state index in [9.17, 15) is 18.0 Å². The number of likely N-dealkylation sites (tertiary alicyclic amines) is 1. The van der Waals surface area contributed by atoms with Crippen molar-refractivity contribution >= 4 is 5.97 Å². The van der Waals surface area contributed by atoms with E-state index in [1.165, 1.54) is 7.11 Å². The van der Waals surface area contributed by atoms with Crippen LogP contribution in [0.5, 0.6) is 0 Å². The summed E-state index contributed by atoms with van der Waals surface area (Å²) in [7, 11) is 1.30. The van der Waals surface area contributed by atoms with Crippen molar-refractivity contribution in [1.29, 1.82) is 0 Å². The lowest BCUT2D eigenvalue weighted by molar-refractivity contribution is -0.185. The molecule has 0 atom stereocenters. The molecule has 0 aliphatic carbocycles. The van der Waals surface area contributed by atoms with Gasteiger partial charge in [0.2, 0.25) is 0 Å². The summed E-state index contributed by atoms with van der Waals surface area (Å²) in [5.74, 6) is -1.50. The number of esters is 1. The fourth-order valence-corrected chi connectivity index (χ4v) is 1.84. The van der Waals surface area contributed by atoms with E-state index in [0.29, 0.717) is 19.6 Å². The molecule has 1 saturated heterocycles. The number of methoxy groups -OCH3 is 1. The average molecular weight is 239 g/mol. The van der Waals surface area contributed by atoms with Crippen molar-refractivity contribution in [2.45, 2.75) is 25.4 Å². The normalized spacial score (nSPS) is 19.8. The maximum Gasteiger partial charge on any atom is 0.391 e. The third-order valence-electron chi connectivity index (χ3n) is 2.91. The monoisotopic (exact) mass is 239 g/mol. The number of carbonyl (C=O) groups excluding carboxylic acids is 1. The van der Waals surface area contributed by atoms with Gasteiger partial charge in [-0.15, -0.1) is 0 Å². The van der Waals surface area contributed by atoms with Crippen LogP contribution in [0.2, 0.25) is 0 Å². The van der Waals surface area contributed by atoms with Gasteiger partial charge in [0.05, 0.1) is 19.4 Å². The Morgan fingerprint density at radius 3 is 2.38 bits per heavy atom. The number of alkyl halides is 3. The SMILES string of the molecule is COC(=O)CCN1CCC(C(F)(F)F)CC1. The van der Waals surface area contributed by atoms with Crippen molar-refractivity contribution in [2.75, 3.05) is 26.7 Å². The Bertz CT molecular complexity index is 235. The zero-order valence-electron chi connectivity index (χ0n) is 9.22. The molecule has 0 N–H and O–H groups in total. The average Bonchev–Trinajstić information content (AvgIpc) is 2.25. The summed E-state index contributed by atoms with van der Waals surface area (Å²) >= 11 is 0. The summed E-state index contributed by atoms with van der Waals surface area (Å²) in [6.45, 7) is 1.29. The molecular formula is C10H16F3NO2. The summed E-state index contributed by atoms with van der Waals surface area (Å²) in [6, 6.07) is 0. The van der Waals surface area contributed by atoms with Gasteiger partial charge in [0.25, 0.3) is 0 Å². The summed E-state index contributed by atoms with van der Waals surface area (Å²) in [4.78, 5) is 12.7. The number of halogens is 3. The molecule has 0 aromatic rings. The largest absolute Gasteiger partial charge is 0.469 e. The second kappa shape index (κ2) is 5.52. The third-order valence-corrected chi connectivity index (χ3v) is 2.91. The number of rotatable bonds is 3. The van der Waals surface area contributed by atoms with Crippen molar-refractivity contribution < 1.29 is 22.7 Å². The number of hydrogen-bond acceptors (Lipinski definition) is 3. The number of ether oxygens (including phenoxy) is 1. The first-order valence-electron chi connectivity index (χ1n) is 5.29. The quantitative estimate of drug-likeness (QED) is 0.704. The van der Waals surface area contributed by atoms with Crippen LogP contribution in [0.3, 0.4) is 0 Å². The molecule has 1 aliphatic heterocycles. The molecule has 3 nitrogen and oxygen atoms in total. The lowest BCUT2D eigenvalue weighted by Crippen LogP contribution is -2.39. The van der Waals surface area contributed by atoms with Crippen molar-refractivity contribution in [2.24, 2.45) is 5.92 Å². The molecular weight excluding hydrogens is 223 g/mol. The van der Waals surface area contributed by atoms with E-state index < -0.39 is 12.1 Å². The minimum atomic E-state index is -4.07. The van der Waals surface area contributed by atoms with Gasteiger partial charge < -0.3 is 9.64 Å². The Balaban J connectivity index is 2.25. The number of carbonyl (C=O) groups is 1. The molecule has 0 aromatic carbocycles. The first-order chi connectivity index (χ1) is 7.43. The Morgan fingerprint density at radius 2 is 1.94 bits per heavy atom. The molecule has 1 heterocycles. The molecule has 0 spiro atoms. The maximum absolute atomic E-state index is 12.3. The molecule has 0 radical (unpaired) electrons. The number of piperidine rings is 1. The Labute approximate surface area is 92.5 Å². The van der Waals surface area contributed by atoms with Crippen LogP contribution in [0.25, 0.3) is 0 Å². The van der Waals surface area contributed by atoms with Gasteiger partial charge >= 0.3 is 12.1 Å². The van der Waals surface area contributed by atoms with Crippen LogP contribution in [0.1, 0.15) is 19.3 Å². The van der Waals surface area contributed by atoms with Crippen LogP contribution < -0.4 is 0 Å². The fraction of sp³-hybridized carbons (Fsp3) is 0.900. The summed E-state index contributed by atoms with van der Waals surface area (Å²) in [5.41, 5.74) is 0. The van der Waals surface area contributed by atoms with Crippen LogP contribution in [0.15, 0.2) is 0 Å². The molecule has 0 unspecified atom stereocenters. The van der Waals surface area contributed by atoms with E-state index in [0.717, 1.165) is 0 Å². The van der Waals surface area contributed by atoms with Gasteiger partial charge in [0.15, 0.2) is 0 Å². The highest BCUT2D eigenvalue weighted by molar-refractivity contribution is 5.69. The van der Waals surface area contributed by atoms with E-state index in [-0.39, 0.29) is 25.2 Å². The summed E-state index contributed by atoms with van der Waals surface area (Å²) in [6.07, 6.45) is -3.57. The van der Waals surface area contributed by atoms with Gasteiger partial charge in [0.1, 0.15) is 0 Å². The molecule has 1 aliphatic rings. The third kappa shape index (κ3) is 4.00. The molecule has 6 heteroatoms. The topological polar surface area (TPSA) is 29.5 Å². The minimum Gasteiger partial charge on any atom is -0.469 e. The molecule has 16 heavy (non-hydrogen) atoms. The van der Waals surface area contributed by atoms with Crippen LogP contribution in [0.4, 0.5) is 13.2 Å². The summed E-state index contributed by atoms with van der Waals surface area (Å²) < 4.78 is 41.5. The molecule has 1 rings (SSSR count). The molecule has 0 amide bonds. The molecule has 94 valence electrons. The van der Waals surface area contributed by atoms with Gasteiger partial charge in [-0.05, 0) is 25.9 Å². The van der Waals surface area contributed by atoms with Crippen molar-refractivity contribution in [1.82, 2.24) is 4.90 Å². The van der Waals surface area contributed by atoms with E-state index in [1.54, 1.807) is 0 Å². The molecule has 0 bridgehead atoms. The van der Waals surface area contributed by atoms with Crippen molar-refractivity contribution in [3.05, 3.63) is 0 Å². The number of nitrogens with zero attached hydrogens (tertiary/aromatic N) is 1. The Kier molecular flexibility index (Phi) is 4.58. The van der Waals surface area contributed by atoms with Gasteiger partial charge in [-0.25, -0.2) is 0 Å².